The zero-order valence-corrected chi connectivity index (χ0v) is 8.41. The van der Waals surface area contributed by atoms with Gasteiger partial charge in [-0.1, -0.05) is 6.08 Å². The van der Waals surface area contributed by atoms with Crippen molar-refractivity contribution >= 4 is 10.1 Å². The van der Waals surface area contributed by atoms with Crippen LogP contribution in [-0.4, -0.2) is 35.7 Å². The lowest BCUT2D eigenvalue weighted by Gasteiger charge is -2.28. The van der Waals surface area contributed by atoms with Crippen LogP contribution in [0.4, 0.5) is 0 Å². The van der Waals surface area contributed by atoms with Gasteiger partial charge in [-0.25, -0.2) is 0 Å². The largest absolute Gasteiger partial charge is 0.389 e. The lowest BCUT2D eigenvalue weighted by molar-refractivity contribution is -0.0430. The van der Waals surface area contributed by atoms with Crippen molar-refractivity contribution in [3.05, 3.63) is 12.7 Å². The summed E-state index contributed by atoms with van der Waals surface area (Å²) in [6.45, 7) is 5.57. The highest BCUT2D eigenvalue weighted by molar-refractivity contribution is 7.87. The molecule has 0 saturated heterocycles. The van der Waals surface area contributed by atoms with Crippen molar-refractivity contribution in [2.75, 3.05) is 6.61 Å². The van der Waals surface area contributed by atoms with E-state index in [4.69, 9.17) is 14.4 Å². The lowest BCUT2D eigenvalue weighted by Crippen LogP contribution is -2.47. The summed E-state index contributed by atoms with van der Waals surface area (Å²) in [7, 11) is -4.46. The van der Waals surface area contributed by atoms with Crippen LogP contribution in [0.3, 0.4) is 0 Å². The van der Waals surface area contributed by atoms with E-state index >= 15 is 0 Å². The SMILES string of the molecule is C=CCOC(C)(C(C)O)S(=O)(=O)O. The predicted molar refractivity (Wildman–Crippen MR) is 47.8 cm³/mol. The van der Waals surface area contributed by atoms with Crippen LogP contribution in [0, 0.1) is 0 Å². The molecule has 0 radical (unpaired) electrons. The molecule has 2 atom stereocenters. The Morgan fingerprint density at radius 2 is 2.15 bits per heavy atom. The summed E-state index contributed by atoms with van der Waals surface area (Å²) >= 11 is 0. The number of hydrogen-bond acceptors (Lipinski definition) is 4. The molecule has 0 aliphatic heterocycles. The van der Waals surface area contributed by atoms with Crippen LogP contribution < -0.4 is 0 Å². The van der Waals surface area contributed by atoms with Crippen molar-refractivity contribution in [1.82, 2.24) is 0 Å². The van der Waals surface area contributed by atoms with Crippen LogP contribution in [0.1, 0.15) is 13.8 Å². The third kappa shape index (κ3) is 2.77. The Morgan fingerprint density at radius 1 is 1.69 bits per heavy atom. The monoisotopic (exact) mass is 210 g/mol. The summed E-state index contributed by atoms with van der Waals surface area (Å²) in [5.41, 5.74) is 0. The number of ether oxygens (including phenoxy) is 1. The molecule has 0 aliphatic rings. The average molecular weight is 210 g/mol. The molecule has 0 fully saturated rings. The van der Waals surface area contributed by atoms with Gasteiger partial charge in [0.25, 0.3) is 10.1 Å². The standard InChI is InChI=1S/C7H14O5S/c1-4-5-12-7(3,6(2)8)13(9,10)11/h4,6,8H,1,5H2,2-3H3,(H,9,10,11). The summed E-state index contributed by atoms with van der Waals surface area (Å²) in [5.74, 6) is 0. The van der Waals surface area contributed by atoms with Gasteiger partial charge in [0.1, 0.15) is 0 Å². The Hall–Kier alpha value is -0.430. The predicted octanol–water partition coefficient (Wildman–Crippen LogP) is 0.174. The highest BCUT2D eigenvalue weighted by atomic mass is 32.2. The molecular formula is C7H14O5S. The minimum Gasteiger partial charge on any atom is -0.389 e. The molecular weight excluding hydrogens is 196 g/mol. The molecule has 0 saturated carbocycles. The van der Waals surface area contributed by atoms with Crippen LogP contribution in [0.2, 0.25) is 0 Å². The van der Waals surface area contributed by atoms with Crippen LogP contribution in [0.5, 0.6) is 0 Å². The lowest BCUT2D eigenvalue weighted by atomic mass is 10.2. The third-order valence-electron chi connectivity index (χ3n) is 1.76. The fraction of sp³-hybridized carbons (Fsp3) is 0.714. The summed E-state index contributed by atoms with van der Waals surface area (Å²) in [6.07, 6.45) is -0.00586. The van der Waals surface area contributed by atoms with Gasteiger partial charge in [0, 0.05) is 0 Å². The molecule has 2 N–H and O–H groups in total. The van der Waals surface area contributed by atoms with Crippen LogP contribution in [-0.2, 0) is 14.9 Å². The molecule has 0 rings (SSSR count). The van der Waals surface area contributed by atoms with E-state index in [1.54, 1.807) is 0 Å². The Morgan fingerprint density at radius 3 is 2.38 bits per heavy atom. The maximum atomic E-state index is 10.8. The molecule has 0 heterocycles. The van der Waals surface area contributed by atoms with Crippen molar-refractivity contribution in [3.63, 3.8) is 0 Å². The summed E-state index contributed by atoms with van der Waals surface area (Å²) in [5, 5.41) is 9.14. The second-order valence-electron chi connectivity index (χ2n) is 2.77. The number of rotatable bonds is 5. The Labute approximate surface area is 77.8 Å². The molecule has 0 bridgehead atoms. The smallest absolute Gasteiger partial charge is 0.297 e. The maximum absolute atomic E-state index is 10.8. The van der Waals surface area contributed by atoms with E-state index in [0.29, 0.717) is 0 Å². The molecule has 0 amide bonds. The molecule has 13 heavy (non-hydrogen) atoms. The summed E-state index contributed by atoms with van der Waals surface area (Å²) < 4.78 is 35.3. The molecule has 0 aromatic heterocycles. The molecule has 0 aliphatic carbocycles. The number of aliphatic hydroxyl groups excluding tert-OH is 1. The second kappa shape index (κ2) is 4.19. The van der Waals surface area contributed by atoms with Crippen molar-refractivity contribution in [2.45, 2.75) is 24.9 Å². The van der Waals surface area contributed by atoms with Crippen molar-refractivity contribution in [2.24, 2.45) is 0 Å². The van der Waals surface area contributed by atoms with Gasteiger partial charge in [0.2, 0.25) is 4.93 Å². The van der Waals surface area contributed by atoms with E-state index in [1.807, 2.05) is 0 Å². The van der Waals surface area contributed by atoms with Crippen LogP contribution >= 0.6 is 0 Å². The molecule has 0 spiro atoms. The minimum atomic E-state index is -4.46. The zero-order valence-electron chi connectivity index (χ0n) is 7.60. The Bertz CT molecular complexity index is 269. The van der Waals surface area contributed by atoms with Gasteiger partial charge >= 0.3 is 0 Å². The third-order valence-corrected chi connectivity index (χ3v) is 3.24. The highest BCUT2D eigenvalue weighted by Crippen LogP contribution is 2.22. The average Bonchev–Trinajstić information content (AvgIpc) is 1.97. The van der Waals surface area contributed by atoms with E-state index in [9.17, 15) is 8.42 Å². The van der Waals surface area contributed by atoms with Gasteiger partial charge in [-0.3, -0.25) is 4.55 Å². The quantitative estimate of drug-likeness (QED) is 0.499. The fourth-order valence-corrected chi connectivity index (χ4v) is 1.28. The van der Waals surface area contributed by atoms with Gasteiger partial charge in [0.05, 0.1) is 12.7 Å². The van der Waals surface area contributed by atoms with Gasteiger partial charge in [-0.15, -0.1) is 6.58 Å². The summed E-state index contributed by atoms with van der Waals surface area (Å²) in [4.78, 5) is -2.00. The first-order valence-electron chi connectivity index (χ1n) is 3.65. The molecule has 0 aromatic carbocycles. The Kier molecular flexibility index (Phi) is 4.05. The van der Waals surface area contributed by atoms with Crippen molar-refractivity contribution < 1.29 is 22.8 Å². The molecule has 78 valence electrons. The van der Waals surface area contributed by atoms with E-state index < -0.39 is 21.2 Å². The van der Waals surface area contributed by atoms with Crippen molar-refractivity contribution in [1.29, 1.82) is 0 Å². The fourth-order valence-electron chi connectivity index (χ4n) is 0.635. The first-order chi connectivity index (χ1) is 5.75. The Balaban J connectivity index is 4.85. The first kappa shape index (κ1) is 12.6. The molecule has 0 aromatic rings. The normalized spacial score (nSPS) is 19.1. The minimum absolute atomic E-state index is 0.0683. The zero-order chi connectivity index (χ0) is 10.7. The number of aliphatic hydroxyl groups is 1. The van der Waals surface area contributed by atoms with Gasteiger partial charge in [-0.05, 0) is 13.8 Å². The number of hydrogen-bond donors (Lipinski definition) is 2. The van der Waals surface area contributed by atoms with Gasteiger partial charge < -0.3 is 9.84 Å². The highest BCUT2D eigenvalue weighted by Gasteiger charge is 2.43. The topological polar surface area (TPSA) is 83.8 Å². The van der Waals surface area contributed by atoms with E-state index in [0.717, 1.165) is 6.92 Å². The van der Waals surface area contributed by atoms with E-state index in [1.165, 1.54) is 13.0 Å². The molecule has 2 unspecified atom stereocenters. The van der Waals surface area contributed by atoms with E-state index in [-0.39, 0.29) is 6.61 Å². The summed E-state index contributed by atoms with van der Waals surface area (Å²) in [6, 6.07) is 0. The van der Waals surface area contributed by atoms with E-state index in [2.05, 4.69) is 6.58 Å². The first-order valence-corrected chi connectivity index (χ1v) is 5.09. The molecule has 6 heteroatoms. The maximum Gasteiger partial charge on any atom is 0.297 e. The van der Waals surface area contributed by atoms with Gasteiger partial charge in [0.15, 0.2) is 0 Å². The van der Waals surface area contributed by atoms with Crippen molar-refractivity contribution in [3.8, 4) is 0 Å². The second-order valence-corrected chi connectivity index (χ2v) is 4.53. The van der Waals surface area contributed by atoms with Gasteiger partial charge in [-0.2, -0.15) is 8.42 Å². The molecule has 5 nitrogen and oxygen atoms in total. The van der Waals surface area contributed by atoms with Crippen LogP contribution in [0.15, 0.2) is 12.7 Å². The van der Waals surface area contributed by atoms with Crippen LogP contribution in [0.25, 0.3) is 0 Å².